The molecule has 0 aromatic heterocycles. The Hall–Kier alpha value is -2.08. The van der Waals surface area contributed by atoms with Gasteiger partial charge in [0, 0.05) is 13.0 Å². The summed E-state index contributed by atoms with van der Waals surface area (Å²) in [5, 5.41) is 5.51. The van der Waals surface area contributed by atoms with E-state index in [1.54, 1.807) is 20.8 Å². The lowest BCUT2D eigenvalue weighted by Gasteiger charge is -2.23. The van der Waals surface area contributed by atoms with Crippen molar-refractivity contribution in [2.45, 2.75) is 51.7 Å². The third-order valence-corrected chi connectivity index (χ3v) is 3.22. The molecule has 1 aromatic rings. The summed E-state index contributed by atoms with van der Waals surface area (Å²) in [4.78, 5) is 24.4. The van der Waals surface area contributed by atoms with E-state index in [1.165, 1.54) is 0 Å². The topological polar surface area (TPSA) is 93.4 Å². The van der Waals surface area contributed by atoms with E-state index in [0.717, 1.165) is 18.4 Å². The number of nitrogens with two attached hydrogens (primary N) is 1. The lowest BCUT2D eigenvalue weighted by molar-refractivity contribution is -0.123. The Bertz CT molecular complexity index is 512. The number of hydrogen-bond donors (Lipinski definition) is 3. The molecule has 24 heavy (non-hydrogen) atoms. The Kier molecular flexibility index (Phi) is 8.26. The SMILES string of the molecule is CC(C)(C)OC(=O)N[C@H](Cc1ccccc1)C(=O)NCCCCN. The highest BCUT2D eigenvalue weighted by Gasteiger charge is 2.24. The van der Waals surface area contributed by atoms with E-state index < -0.39 is 17.7 Å². The van der Waals surface area contributed by atoms with Crippen molar-refractivity contribution in [1.82, 2.24) is 10.6 Å². The largest absolute Gasteiger partial charge is 0.444 e. The molecule has 0 saturated heterocycles. The summed E-state index contributed by atoms with van der Waals surface area (Å²) in [6, 6.07) is 8.88. The van der Waals surface area contributed by atoms with Crippen LogP contribution in [0, 0.1) is 0 Å². The highest BCUT2D eigenvalue weighted by Crippen LogP contribution is 2.08. The average Bonchev–Trinajstić information content (AvgIpc) is 2.50. The van der Waals surface area contributed by atoms with Crippen LogP contribution in [0.3, 0.4) is 0 Å². The minimum Gasteiger partial charge on any atom is -0.444 e. The normalized spacial score (nSPS) is 12.3. The lowest BCUT2D eigenvalue weighted by atomic mass is 10.1. The molecule has 0 radical (unpaired) electrons. The van der Waals surface area contributed by atoms with Gasteiger partial charge in [-0.05, 0) is 45.7 Å². The number of carbonyl (C=O) groups excluding carboxylic acids is 2. The van der Waals surface area contributed by atoms with Gasteiger partial charge in [-0.25, -0.2) is 4.79 Å². The molecule has 0 spiro atoms. The van der Waals surface area contributed by atoms with Gasteiger partial charge in [-0.3, -0.25) is 4.79 Å². The number of ether oxygens (including phenoxy) is 1. The van der Waals surface area contributed by atoms with Gasteiger partial charge >= 0.3 is 6.09 Å². The molecular formula is C18H29N3O3. The maximum absolute atomic E-state index is 12.4. The first-order chi connectivity index (χ1) is 11.3. The van der Waals surface area contributed by atoms with Crippen LogP contribution < -0.4 is 16.4 Å². The zero-order valence-electron chi connectivity index (χ0n) is 14.8. The van der Waals surface area contributed by atoms with Gasteiger partial charge in [0.1, 0.15) is 11.6 Å². The summed E-state index contributed by atoms with van der Waals surface area (Å²) in [6.07, 6.45) is 1.47. The predicted molar refractivity (Wildman–Crippen MR) is 94.6 cm³/mol. The number of nitrogens with one attached hydrogen (secondary N) is 2. The van der Waals surface area contributed by atoms with E-state index in [-0.39, 0.29) is 5.91 Å². The maximum atomic E-state index is 12.4. The molecule has 0 aliphatic carbocycles. The van der Waals surface area contributed by atoms with Crippen molar-refractivity contribution in [2.75, 3.05) is 13.1 Å². The van der Waals surface area contributed by atoms with Gasteiger partial charge in [0.15, 0.2) is 0 Å². The van der Waals surface area contributed by atoms with Gasteiger partial charge in [-0.2, -0.15) is 0 Å². The van der Waals surface area contributed by atoms with Gasteiger partial charge in [0.05, 0.1) is 0 Å². The number of benzene rings is 1. The minimum atomic E-state index is -0.680. The number of alkyl carbamates (subject to hydrolysis) is 1. The molecular weight excluding hydrogens is 306 g/mol. The molecule has 6 heteroatoms. The van der Waals surface area contributed by atoms with Crippen molar-refractivity contribution in [3.63, 3.8) is 0 Å². The molecule has 0 fully saturated rings. The molecule has 6 nitrogen and oxygen atoms in total. The third-order valence-electron chi connectivity index (χ3n) is 3.22. The standard InChI is InChI=1S/C18H29N3O3/c1-18(2,3)24-17(23)21-15(13-14-9-5-4-6-10-14)16(22)20-12-8-7-11-19/h4-6,9-10,15H,7-8,11-13,19H2,1-3H3,(H,20,22)(H,21,23)/t15-/m1/s1. The number of amides is 2. The van der Waals surface area contributed by atoms with Gasteiger partial charge in [-0.15, -0.1) is 0 Å². The van der Waals surface area contributed by atoms with Crippen LogP contribution in [0.25, 0.3) is 0 Å². The summed E-state index contributed by atoms with van der Waals surface area (Å²) in [6.45, 7) is 6.49. The van der Waals surface area contributed by atoms with Crippen LogP contribution in [-0.4, -0.2) is 36.7 Å². The molecule has 0 heterocycles. The maximum Gasteiger partial charge on any atom is 0.408 e. The molecule has 4 N–H and O–H groups in total. The summed E-state index contributed by atoms with van der Waals surface area (Å²) in [5.41, 5.74) is 5.80. The van der Waals surface area contributed by atoms with Gasteiger partial charge in [0.2, 0.25) is 5.91 Å². The molecule has 2 amide bonds. The molecule has 134 valence electrons. The van der Waals surface area contributed by atoms with Crippen LogP contribution in [0.4, 0.5) is 4.79 Å². The second kappa shape index (κ2) is 9.93. The first kappa shape index (κ1) is 20.0. The molecule has 0 aliphatic rings. The fraction of sp³-hybridized carbons (Fsp3) is 0.556. The van der Waals surface area contributed by atoms with Crippen molar-refractivity contribution in [2.24, 2.45) is 5.73 Å². The van der Waals surface area contributed by atoms with Gasteiger partial charge < -0.3 is 21.1 Å². The van der Waals surface area contributed by atoms with Crippen molar-refractivity contribution in [3.8, 4) is 0 Å². The van der Waals surface area contributed by atoms with E-state index in [9.17, 15) is 9.59 Å². The summed E-state index contributed by atoms with van der Waals surface area (Å²) < 4.78 is 5.25. The zero-order valence-corrected chi connectivity index (χ0v) is 14.8. The van der Waals surface area contributed by atoms with Crippen molar-refractivity contribution >= 4 is 12.0 Å². The second-order valence-electron chi connectivity index (χ2n) is 6.68. The fourth-order valence-corrected chi connectivity index (χ4v) is 2.11. The zero-order chi connectivity index (χ0) is 18.0. The number of carbonyl (C=O) groups is 2. The highest BCUT2D eigenvalue weighted by molar-refractivity contribution is 5.86. The number of rotatable bonds is 8. The molecule has 0 saturated carbocycles. The molecule has 1 atom stereocenters. The van der Waals surface area contributed by atoms with Crippen LogP contribution in [0.5, 0.6) is 0 Å². The van der Waals surface area contributed by atoms with Gasteiger partial charge in [-0.1, -0.05) is 30.3 Å². The first-order valence-electron chi connectivity index (χ1n) is 8.33. The van der Waals surface area contributed by atoms with Crippen LogP contribution >= 0.6 is 0 Å². The Morgan fingerprint density at radius 2 is 1.83 bits per heavy atom. The summed E-state index contributed by atoms with van der Waals surface area (Å²) in [5.74, 6) is -0.221. The van der Waals surface area contributed by atoms with Crippen LogP contribution in [-0.2, 0) is 16.0 Å². The van der Waals surface area contributed by atoms with Crippen LogP contribution in [0.15, 0.2) is 30.3 Å². The smallest absolute Gasteiger partial charge is 0.408 e. The highest BCUT2D eigenvalue weighted by atomic mass is 16.6. The minimum absolute atomic E-state index is 0.221. The summed E-state index contributed by atoms with van der Waals surface area (Å²) in [7, 11) is 0. The molecule has 0 aliphatic heterocycles. The fourth-order valence-electron chi connectivity index (χ4n) is 2.11. The van der Waals surface area contributed by atoms with Crippen LogP contribution in [0.1, 0.15) is 39.2 Å². The lowest BCUT2D eigenvalue weighted by Crippen LogP contribution is -2.49. The Morgan fingerprint density at radius 1 is 1.17 bits per heavy atom. The number of hydrogen-bond acceptors (Lipinski definition) is 4. The molecule has 1 aromatic carbocycles. The van der Waals surface area contributed by atoms with E-state index in [4.69, 9.17) is 10.5 Å². The van der Waals surface area contributed by atoms with E-state index in [1.807, 2.05) is 30.3 Å². The number of unbranched alkanes of at least 4 members (excludes halogenated alkanes) is 1. The van der Waals surface area contributed by atoms with E-state index >= 15 is 0 Å². The predicted octanol–water partition coefficient (Wildman–Crippen LogP) is 1.98. The Morgan fingerprint density at radius 3 is 2.42 bits per heavy atom. The average molecular weight is 335 g/mol. The first-order valence-corrected chi connectivity index (χ1v) is 8.33. The molecule has 0 bridgehead atoms. The molecule has 1 rings (SSSR count). The van der Waals surface area contributed by atoms with Crippen LogP contribution in [0.2, 0.25) is 0 Å². The van der Waals surface area contributed by atoms with Gasteiger partial charge in [0.25, 0.3) is 0 Å². The van der Waals surface area contributed by atoms with Crippen molar-refractivity contribution < 1.29 is 14.3 Å². The quantitative estimate of drug-likeness (QED) is 0.633. The second-order valence-corrected chi connectivity index (χ2v) is 6.68. The molecule has 0 unspecified atom stereocenters. The third kappa shape index (κ3) is 8.53. The Balaban J connectivity index is 2.67. The summed E-state index contributed by atoms with van der Waals surface area (Å²) >= 11 is 0. The van der Waals surface area contributed by atoms with E-state index in [2.05, 4.69) is 10.6 Å². The Labute approximate surface area is 144 Å². The van der Waals surface area contributed by atoms with Crippen molar-refractivity contribution in [1.29, 1.82) is 0 Å². The monoisotopic (exact) mass is 335 g/mol. The van der Waals surface area contributed by atoms with Crippen molar-refractivity contribution in [3.05, 3.63) is 35.9 Å². The van der Waals surface area contributed by atoms with E-state index in [0.29, 0.717) is 19.5 Å².